The molecule has 0 unspecified atom stereocenters. The number of aliphatic hydroxyl groups is 1. The molecule has 12 heteroatoms. The first kappa shape index (κ1) is 28.8. The summed E-state index contributed by atoms with van der Waals surface area (Å²) in [7, 11) is 0. The number of benzene rings is 1. The summed E-state index contributed by atoms with van der Waals surface area (Å²) in [6.07, 6.45) is -1.98. The smallest absolute Gasteiger partial charge is 0.296 e. The van der Waals surface area contributed by atoms with E-state index in [-0.39, 0.29) is 53.7 Å². The molecule has 9 nitrogen and oxygen atoms in total. The lowest BCUT2D eigenvalue weighted by Gasteiger charge is -2.15. The fourth-order valence-corrected chi connectivity index (χ4v) is 4.04. The molecule has 2 saturated heterocycles. The minimum absolute atomic E-state index is 0.0404. The van der Waals surface area contributed by atoms with Crippen LogP contribution in [0.4, 0.5) is 8.78 Å². The van der Waals surface area contributed by atoms with Crippen LogP contribution < -0.4 is 14.2 Å². The molecule has 4 heterocycles. The highest BCUT2D eigenvalue weighted by molar-refractivity contribution is 6.32. The summed E-state index contributed by atoms with van der Waals surface area (Å²) < 4.78 is 56.1. The Morgan fingerprint density at radius 3 is 2.38 bits per heavy atom. The lowest BCUT2D eigenvalue weighted by Crippen LogP contribution is -2.34. The molecular weight excluding hydrogens is 512 g/mol. The molecule has 3 aromatic rings. The Morgan fingerprint density at radius 2 is 1.70 bits per heavy atom. The average Bonchev–Trinajstić information content (AvgIpc) is 3.58. The molecule has 0 spiro atoms. The molecular formula is C25H32ClF2N3O6. The predicted octanol–water partition coefficient (Wildman–Crippen LogP) is 4.83. The highest BCUT2D eigenvalue weighted by atomic mass is 35.5. The van der Waals surface area contributed by atoms with Crippen molar-refractivity contribution < 1.29 is 37.6 Å². The first-order valence-corrected chi connectivity index (χ1v) is 12.7. The van der Waals surface area contributed by atoms with Crippen molar-refractivity contribution in [2.24, 2.45) is 0 Å². The zero-order valence-corrected chi connectivity index (χ0v) is 22.1. The van der Waals surface area contributed by atoms with Crippen LogP contribution in [0.15, 0.2) is 18.2 Å². The number of H-pyrrole nitrogens is 1. The number of hydrogen-bond donors (Lipinski definition) is 2. The molecule has 0 amide bonds. The Balaban J connectivity index is 0.000000907. The lowest BCUT2D eigenvalue weighted by atomic mass is 10.1. The first-order valence-electron chi connectivity index (χ1n) is 12.3. The van der Waals surface area contributed by atoms with Gasteiger partial charge in [0.2, 0.25) is 5.88 Å². The lowest BCUT2D eigenvalue weighted by molar-refractivity contribution is 0.00706. The largest absolute Gasteiger partial charge is 0.494 e. The quantitative estimate of drug-likeness (QED) is 0.436. The van der Waals surface area contributed by atoms with Crippen molar-refractivity contribution in [2.45, 2.75) is 65.6 Å². The molecule has 2 aromatic heterocycles. The molecule has 37 heavy (non-hydrogen) atoms. The second-order valence-corrected chi connectivity index (χ2v) is 8.00. The van der Waals surface area contributed by atoms with Gasteiger partial charge in [0.05, 0.1) is 30.9 Å². The van der Waals surface area contributed by atoms with Gasteiger partial charge in [-0.2, -0.15) is 9.97 Å². The first-order chi connectivity index (χ1) is 17.9. The van der Waals surface area contributed by atoms with Gasteiger partial charge in [-0.3, -0.25) is 0 Å². The number of halogens is 3. The fraction of sp³-hybridized carbons (Fsp3) is 0.520. The molecule has 0 saturated carbocycles. The van der Waals surface area contributed by atoms with Gasteiger partial charge in [0.15, 0.2) is 11.8 Å². The van der Waals surface area contributed by atoms with Crippen LogP contribution in [0.5, 0.6) is 17.6 Å². The summed E-state index contributed by atoms with van der Waals surface area (Å²) in [5, 5.41) is 9.96. The predicted molar refractivity (Wildman–Crippen MR) is 133 cm³/mol. The highest BCUT2D eigenvalue weighted by Gasteiger charge is 2.48. The number of nitrogens with zero attached hydrogens (tertiary/aromatic N) is 2. The second-order valence-electron chi connectivity index (χ2n) is 7.60. The SMILES string of the molecule is CC.CC.CCOc1cc(F)c(COc2nc3nc(O[C@@H]4CO[C@H]5[C@@H]4OC[C@H]5O)[nH]c3cc2Cl)c(F)c1. The van der Waals surface area contributed by atoms with Crippen molar-refractivity contribution in [3.63, 3.8) is 0 Å². The average molecular weight is 544 g/mol. The van der Waals surface area contributed by atoms with E-state index in [1.54, 1.807) is 6.92 Å². The number of hydrogen-bond acceptors (Lipinski definition) is 8. The standard InChI is InChI=1S/C21H20ClF2N3O6.2C2H6/c1-2-29-9-3-12(23)10(13(24)4-9)6-32-20-11(22)5-14-19(26-20)27-21(25-14)33-16-8-31-17-15(28)7-30-18(16)17;2*1-2/h3-5,15-18,28H,2,6-8H2,1H3,(H,25,26,27);2*1-2H3/t15-,16-,17-,18-;;/m1../s1. The van der Waals surface area contributed by atoms with E-state index in [0.29, 0.717) is 5.52 Å². The topological polar surface area (TPSA) is 108 Å². The number of imidazole rings is 1. The Labute approximate surface area is 219 Å². The number of aromatic amines is 1. The third-order valence-corrected chi connectivity index (χ3v) is 5.67. The van der Waals surface area contributed by atoms with E-state index in [0.717, 1.165) is 12.1 Å². The maximum Gasteiger partial charge on any atom is 0.296 e. The summed E-state index contributed by atoms with van der Waals surface area (Å²) in [4.78, 5) is 11.4. The van der Waals surface area contributed by atoms with E-state index < -0.39 is 42.7 Å². The number of aromatic nitrogens is 3. The minimum Gasteiger partial charge on any atom is -0.494 e. The van der Waals surface area contributed by atoms with Crippen molar-refractivity contribution in [2.75, 3.05) is 19.8 Å². The minimum atomic E-state index is -0.803. The summed E-state index contributed by atoms with van der Waals surface area (Å²) in [5.41, 5.74) is 0.431. The Kier molecular flexibility index (Phi) is 10.3. The van der Waals surface area contributed by atoms with Gasteiger partial charge in [-0.05, 0) is 13.0 Å². The van der Waals surface area contributed by atoms with Crippen molar-refractivity contribution in [3.8, 4) is 17.6 Å². The van der Waals surface area contributed by atoms with Crippen molar-refractivity contribution in [1.29, 1.82) is 0 Å². The summed E-state index contributed by atoms with van der Waals surface area (Å²) >= 11 is 6.23. The molecule has 2 fully saturated rings. The summed E-state index contributed by atoms with van der Waals surface area (Å²) in [6, 6.07) is 3.86. The molecule has 5 rings (SSSR count). The van der Waals surface area contributed by atoms with Gasteiger partial charge in [-0.15, -0.1) is 0 Å². The third-order valence-electron chi connectivity index (χ3n) is 5.40. The summed E-state index contributed by atoms with van der Waals surface area (Å²) in [6.45, 7) is 9.99. The zero-order valence-electron chi connectivity index (χ0n) is 21.4. The van der Waals surface area contributed by atoms with Gasteiger partial charge in [0, 0.05) is 12.1 Å². The molecule has 2 N–H and O–H groups in total. The van der Waals surface area contributed by atoms with Gasteiger partial charge < -0.3 is 33.8 Å². The van der Waals surface area contributed by atoms with E-state index >= 15 is 0 Å². The molecule has 204 valence electrons. The number of nitrogens with one attached hydrogen (secondary N) is 1. The van der Waals surface area contributed by atoms with E-state index in [1.807, 2.05) is 27.7 Å². The Hall–Kier alpha value is -2.73. The molecule has 4 atom stereocenters. The van der Waals surface area contributed by atoms with Gasteiger partial charge in [-0.25, -0.2) is 8.78 Å². The monoisotopic (exact) mass is 543 g/mol. The van der Waals surface area contributed by atoms with Crippen LogP contribution in [0.2, 0.25) is 5.02 Å². The molecule has 0 radical (unpaired) electrons. The van der Waals surface area contributed by atoms with Gasteiger partial charge >= 0.3 is 0 Å². The number of ether oxygens (including phenoxy) is 5. The van der Waals surface area contributed by atoms with Crippen molar-refractivity contribution in [1.82, 2.24) is 15.0 Å². The van der Waals surface area contributed by atoms with Crippen molar-refractivity contribution >= 4 is 22.8 Å². The van der Waals surface area contributed by atoms with Crippen molar-refractivity contribution in [3.05, 3.63) is 40.4 Å². The van der Waals surface area contributed by atoms with Crippen LogP contribution in [-0.4, -0.2) is 64.3 Å². The van der Waals surface area contributed by atoms with E-state index in [4.69, 9.17) is 35.3 Å². The zero-order chi connectivity index (χ0) is 27.1. The number of pyridine rings is 1. The van der Waals surface area contributed by atoms with E-state index in [9.17, 15) is 13.9 Å². The van der Waals surface area contributed by atoms with Gasteiger partial charge in [-0.1, -0.05) is 39.3 Å². The van der Waals surface area contributed by atoms with Gasteiger partial charge in [0.1, 0.15) is 47.3 Å². The van der Waals surface area contributed by atoms with Gasteiger partial charge in [0.25, 0.3) is 6.01 Å². The summed E-state index contributed by atoms with van der Waals surface area (Å²) in [5.74, 6) is -1.55. The molecule has 0 bridgehead atoms. The molecule has 0 aliphatic carbocycles. The molecule has 2 aliphatic heterocycles. The number of rotatable bonds is 7. The van der Waals surface area contributed by atoms with Crippen LogP contribution in [0, 0.1) is 11.6 Å². The Bertz CT molecular complexity index is 1160. The van der Waals surface area contributed by atoms with E-state index in [2.05, 4.69) is 15.0 Å². The second kappa shape index (κ2) is 13.2. The Morgan fingerprint density at radius 1 is 1.03 bits per heavy atom. The van der Waals surface area contributed by atoms with Crippen LogP contribution in [0.1, 0.15) is 40.2 Å². The fourth-order valence-electron chi connectivity index (χ4n) is 3.83. The molecule has 1 aromatic carbocycles. The highest BCUT2D eigenvalue weighted by Crippen LogP contribution is 2.32. The molecule has 2 aliphatic rings. The normalized spacial score (nSPS) is 22.0. The maximum absolute atomic E-state index is 14.3. The number of aliphatic hydroxyl groups excluding tert-OH is 1. The maximum atomic E-state index is 14.3. The van der Waals surface area contributed by atoms with E-state index in [1.165, 1.54) is 6.07 Å². The van der Waals surface area contributed by atoms with Crippen LogP contribution in [-0.2, 0) is 16.1 Å². The third kappa shape index (κ3) is 6.40. The van der Waals surface area contributed by atoms with Crippen LogP contribution in [0.3, 0.4) is 0 Å². The van der Waals surface area contributed by atoms with Crippen LogP contribution >= 0.6 is 11.6 Å². The van der Waals surface area contributed by atoms with Crippen LogP contribution in [0.25, 0.3) is 11.2 Å². The number of fused-ring (bicyclic) bond motifs is 2.